The van der Waals surface area contributed by atoms with Gasteiger partial charge in [0.15, 0.2) is 5.13 Å². The summed E-state index contributed by atoms with van der Waals surface area (Å²) in [6.07, 6.45) is 0. The third-order valence-corrected chi connectivity index (χ3v) is 4.62. The number of nitrogens with one attached hydrogen (secondary N) is 1. The van der Waals surface area contributed by atoms with Gasteiger partial charge in [0.2, 0.25) is 0 Å². The maximum atomic E-state index is 12.2. The molecule has 0 unspecified atom stereocenters. The topological polar surface area (TPSA) is 77.5 Å². The van der Waals surface area contributed by atoms with Crippen molar-refractivity contribution in [2.24, 2.45) is 0 Å². The Morgan fingerprint density at radius 2 is 1.88 bits per heavy atom. The smallest absolute Gasteiger partial charge is 0.340 e. The van der Waals surface area contributed by atoms with Crippen LogP contribution in [0.3, 0.4) is 0 Å². The molecule has 1 N–H and O–H groups in total. The van der Waals surface area contributed by atoms with E-state index < -0.39 is 11.9 Å². The lowest BCUT2D eigenvalue weighted by molar-refractivity contribution is 0.0556. The fourth-order valence-electron chi connectivity index (χ4n) is 2.33. The molecule has 6 nitrogen and oxygen atoms in total. The third kappa shape index (κ3) is 3.42. The van der Waals surface area contributed by atoms with E-state index in [1.807, 2.05) is 12.1 Å². The molecule has 0 bridgehead atoms. The van der Waals surface area contributed by atoms with Crippen molar-refractivity contribution in [1.82, 2.24) is 4.98 Å². The molecule has 1 aromatic heterocycles. The number of hydrogen-bond donors (Lipinski definition) is 1. The van der Waals surface area contributed by atoms with Crippen molar-refractivity contribution in [2.45, 2.75) is 0 Å². The fraction of sp³-hybridized carbons (Fsp3) is 0.118. The van der Waals surface area contributed by atoms with Gasteiger partial charge in [0.1, 0.15) is 0 Å². The van der Waals surface area contributed by atoms with Gasteiger partial charge in [0, 0.05) is 5.02 Å². The summed E-state index contributed by atoms with van der Waals surface area (Å²) < 4.78 is 10.4. The minimum absolute atomic E-state index is 0.0918. The van der Waals surface area contributed by atoms with E-state index in [1.165, 1.54) is 31.6 Å². The van der Waals surface area contributed by atoms with Crippen LogP contribution in [-0.4, -0.2) is 31.1 Å². The van der Waals surface area contributed by atoms with Crippen molar-refractivity contribution in [3.63, 3.8) is 0 Å². The van der Waals surface area contributed by atoms with Gasteiger partial charge in [-0.15, -0.1) is 0 Å². The van der Waals surface area contributed by atoms with E-state index in [-0.39, 0.29) is 11.1 Å². The number of carbonyl (C=O) groups excluding carboxylic acids is 2. The molecule has 0 radical (unpaired) electrons. The third-order valence-electron chi connectivity index (χ3n) is 3.45. The Kier molecular flexibility index (Phi) is 4.87. The second-order valence-electron chi connectivity index (χ2n) is 4.97. The summed E-state index contributed by atoms with van der Waals surface area (Å²) in [6.45, 7) is 0. The molecule has 25 heavy (non-hydrogen) atoms. The zero-order valence-corrected chi connectivity index (χ0v) is 14.9. The summed E-state index contributed by atoms with van der Waals surface area (Å²) in [5, 5.41) is 4.25. The molecule has 0 aliphatic heterocycles. The first-order valence-corrected chi connectivity index (χ1v) is 8.35. The Hall–Kier alpha value is -2.64. The predicted octanol–water partition coefficient (Wildman–Crippen LogP) is 4.27. The highest BCUT2D eigenvalue weighted by Gasteiger charge is 2.22. The van der Waals surface area contributed by atoms with Crippen molar-refractivity contribution in [2.75, 3.05) is 19.5 Å². The monoisotopic (exact) mass is 376 g/mol. The van der Waals surface area contributed by atoms with Crippen LogP contribution >= 0.6 is 22.9 Å². The van der Waals surface area contributed by atoms with Gasteiger partial charge in [0.25, 0.3) is 0 Å². The number of methoxy groups -OCH3 is 2. The molecule has 0 saturated heterocycles. The van der Waals surface area contributed by atoms with Crippen LogP contribution in [0.1, 0.15) is 20.7 Å². The molecule has 0 fully saturated rings. The summed E-state index contributed by atoms with van der Waals surface area (Å²) in [4.78, 5) is 28.6. The van der Waals surface area contributed by atoms with Gasteiger partial charge in [0.05, 0.1) is 41.3 Å². The van der Waals surface area contributed by atoms with E-state index in [4.69, 9.17) is 21.1 Å². The molecule has 0 aliphatic rings. The number of fused-ring (bicyclic) bond motifs is 1. The number of hydrogen-bond acceptors (Lipinski definition) is 7. The first kappa shape index (κ1) is 17.2. The molecular formula is C17H13ClN2O4S. The van der Waals surface area contributed by atoms with E-state index in [1.54, 1.807) is 18.2 Å². The maximum Gasteiger partial charge on any atom is 0.340 e. The summed E-state index contributed by atoms with van der Waals surface area (Å²) in [7, 11) is 2.50. The lowest BCUT2D eigenvalue weighted by Gasteiger charge is -2.12. The lowest BCUT2D eigenvalue weighted by atomic mass is 10.1. The van der Waals surface area contributed by atoms with E-state index in [0.717, 1.165) is 10.2 Å². The van der Waals surface area contributed by atoms with Crippen molar-refractivity contribution >= 4 is 55.9 Å². The highest BCUT2D eigenvalue weighted by atomic mass is 35.5. The molecular weight excluding hydrogens is 364 g/mol. The van der Waals surface area contributed by atoms with Crippen molar-refractivity contribution in [3.05, 3.63) is 52.5 Å². The highest BCUT2D eigenvalue weighted by Crippen LogP contribution is 2.32. The van der Waals surface area contributed by atoms with Crippen LogP contribution in [0.2, 0.25) is 5.02 Å². The largest absolute Gasteiger partial charge is 0.465 e. The van der Waals surface area contributed by atoms with E-state index in [9.17, 15) is 9.59 Å². The number of benzene rings is 2. The zero-order chi connectivity index (χ0) is 18.0. The average Bonchev–Trinajstić information content (AvgIpc) is 3.01. The first-order chi connectivity index (χ1) is 12.0. The molecule has 0 atom stereocenters. The molecule has 0 saturated carbocycles. The Morgan fingerprint density at radius 3 is 2.60 bits per heavy atom. The molecule has 1 heterocycles. The number of esters is 2. The van der Waals surface area contributed by atoms with Gasteiger partial charge in [-0.05, 0) is 30.3 Å². The van der Waals surface area contributed by atoms with Gasteiger partial charge < -0.3 is 14.8 Å². The molecule has 0 spiro atoms. The summed E-state index contributed by atoms with van der Waals surface area (Å²) in [5.41, 5.74) is 1.39. The molecule has 0 aliphatic carbocycles. The van der Waals surface area contributed by atoms with E-state index in [2.05, 4.69) is 10.3 Å². The lowest BCUT2D eigenvalue weighted by Crippen LogP contribution is -2.14. The Labute approximate surface area is 152 Å². The number of halogens is 1. The quantitative estimate of drug-likeness (QED) is 0.685. The van der Waals surface area contributed by atoms with Crippen LogP contribution in [0, 0.1) is 0 Å². The molecule has 0 amide bonds. The predicted molar refractivity (Wildman–Crippen MR) is 97.0 cm³/mol. The molecule has 3 aromatic rings. The number of anilines is 2. The minimum atomic E-state index is -0.646. The van der Waals surface area contributed by atoms with Crippen molar-refractivity contribution in [3.8, 4) is 0 Å². The van der Waals surface area contributed by atoms with Crippen molar-refractivity contribution < 1.29 is 19.1 Å². The fourth-order valence-corrected chi connectivity index (χ4v) is 3.48. The van der Waals surface area contributed by atoms with Crippen LogP contribution in [0.25, 0.3) is 10.2 Å². The van der Waals surface area contributed by atoms with E-state index in [0.29, 0.717) is 15.8 Å². The SMILES string of the molecule is COC(=O)c1cccc(Nc2nc3ccc(Cl)cc3s2)c1C(=O)OC. The Morgan fingerprint density at radius 1 is 1.12 bits per heavy atom. The van der Waals surface area contributed by atoms with Crippen molar-refractivity contribution in [1.29, 1.82) is 0 Å². The number of ether oxygens (including phenoxy) is 2. The summed E-state index contributed by atoms with van der Waals surface area (Å²) in [6, 6.07) is 10.2. The molecule has 8 heteroatoms. The van der Waals surface area contributed by atoms with Gasteiger partial charge in [-0.1, -0.05) is 29.0 Å². The first-order valence-electron chi connectivity index (χ1n) is 7.16. The number of thiazole rings is 1. The standard InChI is InChI=1S/C17H13ClN2O4S/c1-23-15(21)10-4-3-5-12(14(10)16(22)24-2)20-17-19-11-7-6-9(18)8-13(11)25-17/h3-8H,1-2H3,(H,19,20). The van der Waals surface area contributed by atoms with Crippen LogP contribution in [-0.2, 0) is 9.47 Å². The minimum Gasteiger partial charge on any atom is -0.465 e. The van der Waals surface area contributed by atoms with Crippen LogP contribution < -0.4 is 5.32 Å². The van der Waals surface area contributed by atoms with Crippen LogP contribution in [0.15, 0.2) is 36.4 Å². The highest BCUT2D eigenvalue weighted by molar-refractivity contribution is 7.22. The Bertz CT molecular complexity index is 970. The van der Waals surface area contributed by atoms with Gasteiger partial charge in [-0.2, -0.15) is 0 Å². The molecule has 2 aromatic carbocycles. The number of nitrogens with zero attached hydrogens (tertiary/aromatic N) is 1. The number of aromatic nitrogens is 1. The number of rotatable bonds is 4. The zero-order valence-electron chi connectivity index (χ0n) is 13.3. The second-order valence-corrected chi connectivity index (χ2v) is 6.43. The summed E-state index contributed by atoms with van der Waals surface area (Å²) >= 11 is 7.37. The number of carbonyl (C=O) groups is 2. The normalized spacial score (nSPS) is 10.5. The van der Waals surface area contributed by atoms with Gasteiger partial charge in [-0.3, -0.25) is 0 Å². The van der Waals surface area contributed by atoms with Gasteiger partial charge in [-0.25, -0.2) is 14.6 Å². The van der Waals surface area contributed by atoms with Crippen LogP contribution in [0.4, 0.5) is 10.8 Å². The van der Waals surface area contributed by atoms with E-state index >= 15 is 0 Å². The average molecular weight is 377 g/mol. The Balaban J connectivity index is 2.06. The van der Waals surface area contributed by atoms with Crippen LogP contribution in [0.5, 0.6) is 0 Å². The molecule has 3 rings (SSSR count). The maximum absolute atomic E-state index is 12.2. The van der Waals surface area contributed by atoms with Gasteiger partial charge >= 0.3 is 11.9 Å². The summed E-state index contributed by atoms with van der Waals surface area (Å²) in [5.74, 6) is -1.27. The second kappa shape index (κ2) is 7.08. The molecule has 128 valence electrons.